The Morgan fingerprint density at radius 2 is 1.67 bits per heavy atom. The Morgan fingerprint density at radius 1 is 0.952 bits per heavy atom. The number of halogens is 1. The number of piperidine rings is 1. The van der Waals surface area contributed by atoms with E-state index < -0.39 is 16.1 Å². The highest BCUT2D eigenvalue weighted by Crippen LogP contribution is 2.24. The smallest absolute Gasteiger partial charge is 0.317 e. The number of benzene rings is 2. The molecule has 2 aromatic carbocycles. The predicted octanol–water partition coefficient (Wildman–Crippen LogP) is 2.21. The number of urea groups is 1. The number of likely N-dealkylation sites (tertiary alicyclic amines) is 2. The molecule has 4 amide bonds. The Labute approximate surface area is 255 Å². The van der Waals surface area contributed by atoms with Gasteiger partial charge in [-0.1, -0.05) is 28.1 Å². The van der Waals surface area contributed by atoms with Gasteiger partial charge in [0.05, 0.1) is 11.4 Å². The minimum atomic E-state index is -3.94. The lowest BCUT2D eigenvalue weighted by molar-refractivity contribution is -0.143. The number of nitrogens with one attached hydrogen (secondary N) is 2. The summed E-state index contributed by atoms with van der Waals surface area (Å²) < 4.78 is 29.9. The van der Waals surface area contributed by atoms with Crippen LogP contribution in [0, 0.1) is 0 Å². The van der Waals surface area contributed by atoms with Crippen LogP contribution < -0.4 is 10.0 Å². The number of rotatable bonds is 8. The summed E-state index contributed by atoms with van der Waals surface area (Å²) in [6.07, 6.45) is 2.81. The van der Waals surface area contributed by atoms with E-state index in [1.165, 1.54) is 4.90 Å². The maximum absolute atomic E-state index is 13.4. The average Bonchev–Trinajstić information content (AvgIpc) is 3.43. The molecular weight excluding hydrogens is 624 g/mol. The van der Waals surface area contributed by atoms with Gasteiger partial charge in [-0.15, -0.1) is 0 Å². The van der Waals surface area contributed by atoms with Crippen molar-refractivity contribution < 1.29 is 22.8 Å². The highest BCUT2D eigenvalue weighted by molar-refractivity contribution is 9.10. The van der Waals surface area contributed by atoms with E-state index in [0.29, 0.717) is 45.6 Å². The Balaban J connectivity index is 1.16. The van der Waals surface area contributed by atoms with Crippen LogP contribution in [0.3, 0.4) is 0 Å². The van der Waals surface area contributed by atoms with Crippen LogP contribution in [0.4, 0.5) is 4.79 Å². The summed E-state index contributed by atoms with van der Waals surface area (Å²) in [5.74, 6) is -0.462. The van der Waals surface area contributed by atoms with E-state index in [2.05, 4.69) is 30.9 Å². The lowest BCUT2D eigenvalue weighted by Gasteiger charge is -2.38. The molecule has 3 aliphatic rings. The van der Waals surface area contributed by atoms with E-state index >= 15 is 0 Å². The Kier molecular flexibility index (Phi) is 9.70. The lowest BCUT2D eigenvalue weighted by Crippen LogP contribution is -2.56. The fourth-order valence-corrected chi connectivity index (χ4v) is 7.76. The second kappa shape index (κ2) is 13.3. The van der Waals surface area contributed by atoms with Gasteiger partial charge in [0.25, 0.3) is 0 Å². The molecule has 0 unspecified atom stereocenters. The first-order valence-corrected chi connectivity index (χ1v) is 17.0. The van der Waals surface area contributed by atoms with Gasteiger partial charge < -0.3 is 20.0 Å². The Bertz CT molecular complexity index is 1430. The monoisotopic (exact) mass is 662 g/mol. The van der Waals surface area contributed by atoms with Crippen LogP contribution in [-0.4, -0.2) is 117 Å². The van der Waals surface area contributed by atoms with Crippen molar-refractivity contribution in [3.63, 3.8) is 0 Å². The average molecular weight is 664 g/mol. The molecule has 0 radical (unpaired) electrons. The lowest BCUT2D eigenvalue weighted by atomic mass is 10.1. The second-order valence-corrected chi connectivity index (χ2v) is 13.9. The molecule has 0 aliphatic carbocycles. The van der Waals surface area contributed by atoms with Crippen molar-refractivity contribution in [2.24, 2.45) is 0 Å². The van der Waals surface area contributed by atoms with Crippen molar-refractivity contribution in [3.05, 3.63) is 40.9 Å². The standard InChI is InChI=1S/C29H39BrN6O5S/c1-2-31-29(39)34-15-13-33(14-16-34)19-24-5-3-12-36(24)27(37)20-35-11-4-6-26(28(35)38)32-42(40,41)25-10-8-21-17-23(30)9-7-22(21)18-25/h7-10,17-18,24,26,32H,2-6,11-16,19-20H2,1H3,(H,31,39)/t24-,26-/m0/s1. The predicted molar refractivity (Wildman–Crippen MR) is 163 cm³/mol. The second-order valence-electron chi connectivity index (χ2n) is 11.2. The molecule has 0 aromatic heterocycles. The van der Waals surface area contributed by atoms with Crippen molar-refractivity contribution in [2.75, 3.05) is 58.9 Å². The van der Waals surface area contributed by atoms with Gasteiger partial charge in [-0.05, 0) is 67.6 Å². The molecule has 0 spiro atoms. The van der Waals surface area contributed by atoms with E-state index in [4.69, 9.17) is 0 Å². The first-order chi connectivity index (χ1) is 20.1. The minimum Gasteiger partial charge on any atom is -0.338 e. The van der Waals surface area contributed by atoms with E-state index in [-0.39, 0.29) is 35.3 Å². The van der Waals surface area contributed by atoms with Gasteiger partial charge in [-0.2, -0.15) is 4.72 Å². The van der Waals surface area contributed by atoms with Gasteiger partial charge >= 0.3 is 6.03 Å². The van der Waals surface area contributed by atoms with E-state index in [9.17, 15) is 22.8 Å². The normalized spacial score (nSPS) is 22.1. The molecule has 228 valence electrons. The zero-order valence-electron chi connectivity index (χ0n) is 23.9. The molecule has 3 heterocycles. The molecule has 0 bridgehead atoms. The van der Waals surface area contributed by atoms with Gasteiger partial charge in [0.1, 0.15) is 6.04 Å². The molecule has 0 saturated carbocycles. The summed E-state index contributed by atoms with van der Waals surface area (Å²) in [6, 6.07) is 9.62. The highest BCUT2D eigenvalue weighted by atomic mass is 79.9. The maximum atomic E-state index is 13.4. The van der Waals surface area contributed by atoms with Crippen LogP contribution in [-0.2, 0) is 19.6 Å². The fourth-order valence-electron chi connectivity index (χ4n) is 6.13. The number of piperazine rings is 1. The number of hydrogen-bond acceptors (Lipinski definition) is 6. The van der Waals surface area contributed by atoms with Gasteiger partial charge in [0.2, 0.25) is 21.8 Å². The third-order valence-corrected chi connectivity index (χ3v) is 10.4. The van der Waals surface area contributed by atoms with E-state index in [0.717, 1.165) is 47.7 Å². The molecule has 13 heteroatoms. The molecule has 11 nitrogen and oxygen atoms in total. The van der Waals surface area contributed by atoms with E-state index in [1.807, 2.05) is 34.9 Å². The first-order valence-electron chi connectivity index (χ1n) is 14.7. The third-order valence-electron chi connectivity index (χ3n) is 8.39. The summed E-state index contributed by atoms with van der Waals surface area (Å²) >= 11 is 3.43. The van der Waals surface area contributed by atoms with Gasteiger partial charge in [-0.3, -0.25) is 14.5 Å². The number of sulfonamides is 1. The summed E-state index contributed by atoms with van der Waals surface area (Å²) in [5, 5.41) is 4.53. The number of amides is 4. The topological polar surface area (TPSA) is 122 Å². The van der Waals surface area contributed by atoms with Crippen LogP contribution in [0.2, 0.25) is 0 Å². The van der Waals surface area contributed by atoms with Crippen molar-refractivity contribution in [3.8, 4) is 0 Å². The number of fused-ring (bicyclic) bond motifs is 1. The molecule has 3 aliphatic heterocycles. The molecule has 42 heavy (non-hydrogen) atoms. The molecule has 3 saturated heterocycles. The van der Waals surface area contributed by atoms with Crippen molar-refractivity contribution >= 4 is 54.6 Å². The van der Waals surface area contributed by atoms with Crippen molar-refractivity contribution in [2.45, 2.75) is 49.6 Å². The minimum absolute atomic E-state index is 0.0349. The summed E-state index contributed by atoms with van der Waals surface area (Å²) in [6.45, 7) is 7.11. The largest absolute Gasteiger partial charge is 0.338 e. The Hall–Kier alpha value is -2.74. The highest BCUT2D eigenvalue weighted by Gasteiger charge is 2.36. The van der Waals surface area contributed by atoms with Gasteiger partial charge in [-0.25, -0.2) is 13.2 Å². The van der Waals surface area contributed by atoms with Crippen LogP contribution in [0.15, 0.2) is 45.8 Å². The first kappa shape index (κ1) is 30.7. The molecule has 2 N–H and O–H groups in total. The van der Waals surface area contributed by atoms with Gasteiger partial charge in [0, 0.05) is 62.9 Å². The molecule has 2 atom stereocenters. The fraction of sp³-hybridized carbons (Fsp3) is 0.552. The quantitative estimate of drug-likeness (QED) is 0.447. The number of hydrogen-bond donors (Lipinski definition) is 2. The van der Waals surface area contributed by atoms with Crippen LogP contribution in [0.25, 0.3) is 10.8 Å². The van der Waals surface area contributed by atoms with Crippen molar-refractivity contribution in [1.29, 1.82) is 0 Å². The summed E-state index contributed by atoms with van der Waals surface area (Å²) in [7, 11) is -3.94. The number of carbonyl (C=O) groups excluding carboxylic acids is 3. The van der Waals surface area contributed by atoms with Crippen LogP contribution in [0.5, 0.6) is 0 Å². The molecule has 2 aromatic rings. The van der Waals surface area contributed by atoms with Crippen LogP contribution in [0.1, 0.15) is 32.6 Å². The zero-order valence-corrected chi connectivity index (χ0v) is 26.3. The van der Waals surface area contributed by atoms with Gasteiger partial charge in [0.15, 0.2) is 0 Å². The third kappa shape index (κ3) is 7.07. The maximum Gasteiger partial charge on any atom is 0.317 e. The summed E-state index contributed by atoms with van der Waals surface area (Å²) in [5.41, 5.74) is 0. The molecule has 5 rings (SSSR count). The summed E-state index contributed by atoms with van der Waals surface area (Å²) in [4.78, 5) is 46.4. The zero-order chi connectivity index (χ0) is 29.9. The molecule has 3 fully saturated rings. The Morgan fingerprint density at radius 3 is 2.43 bits per heavy atom. The SMILES string of the molecule is CCNC(=O)N1CCN(C[C@@H]2CCCN2C(=O)CN2CCC[C@H](NS(=O)(=O)c3ccc4cc(Br)ccc4c3)C2=O)CC1. The number of nitrogens with zero attached hydrogens (tertiary/aromatic N) is 4. The number of carbonyl (C=O) groups is 3. The van der Waals surface area contributed by atoms with E-state index in [1.54, 1.807) is 18.2 Å². The van der Waals surface area contributed by atoms with Crippen LogP contribution >= 0.6 is 15.9 Å². The van der Waals surface area contributed by atoms with Crippen molar-refractivity contribution in [1.82, 2.24) is 29.6 Å². The molecular formula is C29H39BrN6O5S.